The number of aliphatic carboxylic acids is 1. The van der Waals surface area contributed by atoms with E-state index in [1.807, 2.05) is 0 Å². The number of hydrogen-bond acceptors (Lipinski definition) is 2. The summed E-state index contributed by atoms with van der Waals surface area (Å²) in [6.07, 6.45) is 1.50. The Morgan fingerprint density at radius 2 is 2.00 bits per heavy atom. The summed E-state index contributed by atoms with van der Waals surface area (Å²) in [5, 5.41) is 9.75. The third-order valence-corrected chi connectivity index (χ3v) is 0.755. The second-order valence-corrected chi connectivity index (χ2v) is 1.26. The van der Waals surface area contributed by atoms with Crippen LogP contribution < -0.4 is 24.0 Å². The molecular formula is C5H7LiO2. The van der Waals surface area contributed by atoms with Crippen LogP contribution in [0.2, 0.25) is 0 Å². The van der Waals surface area contributed by atoms with Crippen LogP contribution in [-0.4, -0.2) is 5.97 Å². The van der Waals surface area contributed by atoms with E-state index >= 15 is 0 Å². The number of carboxylic acid groups (broad SMARTS) is 1. The van der Waals surface area contributed by atoms with Crippen LogP contribution in [0.15, 0.2) is 11.6 Å². The molecular weight excluding hydrogens is 99.0 g/mol. The van der Waals surface area contributed by atoms with E-state index in [9.17, 15) is 9.90 Å². The van der Waals surface area contributed by atoms with Crippen LogP contribution in [0.5, 0.6) is 0 Å². The van der Waals surface area contributed by atoms with Crippen LogP contribution in [0.4, 0.5) is 0 Å². The summed E-state index contributed by atoms with van der Waals surface area (Å²) in [6, 6.07) is 0. The Morgan fingerprint density at radius 1 is 1.62 bits per heavy atom. The number of allylic oxidation sites excluding steroid dienone is 1. The Labute approximate surface area is 60.8 Å². The predicted molar refractivity (Wildman–Crippen MR) is 24.4 cm³/mol. The number of carbonyl (C=O) groups excluding carboxylic acids is 1. The normalized spacial score (nSPS) is 10.0. The molecule has 0 spiro atoms. The monoisotopic (exact) mass is 106 g/mol. The van der Waals surface area contributed by atoms with Crippen LogP contribution in [0.1, 0.15) is 13.8 Å². The van der Waals surface area contributed by atoms with Crippen molar-refractivity contribution in [1.29, 1.82) is 0 Å². The molecule has 0 saturated carbocycles. The maximum Gasteiger partial charge on any atom is 1.00 e. The van der Waals surface area contributed by atoms with Gasteiger partial charge in [-0.25, -0.2) is 0 Å². The van der Waals surface area contributed by atoms with Gasteiger partial charge in [-0.15, -0.1) is 0 Å². The molecule has 0 heterocycles. The Balaban J connectivity index is 0. The van der Waals surface area contributed by atoms with Gasteiger partial charge in [0.2, 0.25) is 0 Å². The van der Waals surface area contributed by atoms with E-state index < -0.39 is 5.97 Å². The van der Waals surface area contributed by atoms with Gasteiger partial charge in [0.15, 0.2) is 0 Å². The van der Waals surface area contributed by atoms with Crippen molar-refractivity contribution in [3.8, 4) is 0 Å². The van der Waals surface area contributed by atoms with Crippen molar-refractivity contribution in [2.75, 3.05) is 0 Å². The molecule has 0 saturated heterocycles. The van der Waals surface area contributed by atoms with Crippen LogP contribution in [-0.2, 0) is 4.79 Å². The van der Waals surface area contributed by atoms with Gasteiger partial charge in [0, 0.05) is 0 Å². The smallest absolute Gasteiger partial charge is 0.545 e. The van der Waals surface area contributed by atoms with Gasteiger partial charge in [-0.3, -0.25) is 0 Å². The Bertz CT molecular complexity index is 107. The van der Waals surface area contributed by atoms with Gasteiger partial charge < -0.3 is 9.90 Å². The molecule has 0 bridgehead atoms. The van der Waals surface area contributed by atoms with Crippen molar-refractivity contribution in [1.82, 2.24) is 0 Å². The Kier molecular flexibility index (Phi) is 6.64. The standard InChI is InChI=1S/C5H8O2.Li/c1-3-4(2)5(6)7;/h3H,1-2H3,(H,6,7);/q;+1/p-1. The fourth-order valence-electron chi connectivity index (χ4n) is 0.118. The molecule has 40 valence electrons. The SMILES string of the molecule is CC=C(C)C(=O)[O-].[Li+]. The summed E-state index contributed by atoms with van der Waals surface area (Å²) >= 11 is 0. The minimum absolute atomic E-state index is 0. The number of carboxylic acids is 1. The zero-order valence-electron chi connectivity index (χ0n) is 5.39. The van der Waals surface area contributed by atoms with Gasteiger partial charge in [0.25, 0.3) is 0 Å². The summed E-state index contributed by atoms with van der Waals surface area (Å²) in [6.45, 7) is 3.15. The van der Waals surface area contributed by atoms with E-state index in [4.69, 9.17) is 0 Å². The maximum absolute atomic E-state index is 9.75. The third-order valence-electron chi connectivity index (χ3n) is 0.755. The molecule has 2 nitrogen and oxygen atoms in total. The molecule has 0 aromatic carbocycles. The van der Waals surface area contributed by atoms with Crippen molar-refractivity contribution in [3.05, 3.63) is 11.6 Å². The summed E-state index contributed by atoms with van der Waals surface area (Å²) in [5.41, 5.74) is 0.278. The molecule has 0 aromatic rings. The van der Waals surface area contributed by atoms with E-state index in [2.05, 4.69) is 0 Å². The van der Waals surface area contributed by atoms with Crippen LogP contribution in [0, 0.1) is 0 Å². The average Bonchev–Trinajstić information content (AvgIpc) is 1.65. The van der Waals surface area contributed by atoms with E-state index in [1.165, 1.54) is 13.0 Å². The van der Waals surface area contributed by atoms with Crippen molar-refractivity contribution in [2.45, 2.75) is 13.8 Å². The zero-order valence-corrected chi connectivity index (χ0v) is 5.39. The van der Waals surface area contributed by atoms with Crippen molar-refractivity contribution in [3.63, 3.8) is 0 Å². The van der Waals surface area contributed by atoms with Gasteiger partial charge >= 0.3 is 18.9 Å². The van der Waals surface area contributed by atoms with Crippen LogP contribution in [0.25, 0.3) is 0 Å². The molecule has 0 N–H and O–H groups in total. The number of rotatable bonds is 1. The second kappa shape index (κ2) is 4.95. The summed E-state index contributed by atoms with van der Waals surface area (Å²) in [5.74, 6) is -1.09. The average molecular weight is 106 g/mol. The predicted octanol–water partition coefficient (Wildman–Crippen LogP) is -3.29. The van der Waals surface area contributed by atoms with E-state index in [0.29, 0.717) is 0 Å². The van der Waals surface area contributed by atoms with Gasteiger partial charge in [-0.1, -0.05) is 6.08 Å². The van der Waals surface area contributed by atoms with Crippen molar-refractivity contribution >= 4 is 5.97 Å². The largest absolute Gasteiger partial charge is 1.00 e. The first kappa shape index (κ1) is 10.7. The third kappa shape index (κ3) is 3.98. The van der Waals surface area contributed by atoms with Crippen molar-refractivity contribution in [2.24, 2.45) is 0 Å². The minimum Gasteiger partial charge on any atom is -0.545 e. The van der Waals surface area contributed by atoms with Crippen LogP contribution >= 0.6 is 0 Å². The molecule has 0 aliphatic carbocycles. The summed E-state index contributed by atoms with van der Waals surface area (Å²) in [7, 11) is 0. The topological polar surface area (TPSA) is 40.1 Å². The molecule has 3 heteroatoms. The molecule has 0 aliphatic heterocycles. The summed E-state index contributed by atoms with van der Waals surface area (Å²) in [4.78, 5) is 9.75. The molecule has 8 heavy (non-hydrogen) atoms. The number of carbonyl (C=O) groups is 1. The molecule has 0 radical (unpaired) electrons. The first-order chi connectivity index (χ1) is 3.18. The second-order valence-electron chi connectivity index (χ2n) is 1.26. The molecule has 0 aromatic heterocycles. The van der Waals surface area contributed by atoms with E-state index in [-0.39, 0.29) is 24.4 Å². The Hall–Kier alpha value is -0.193. The molecule has 0 fully saturated rings. The van der Waals surface area contributed by atoms with Gasteiger partial charge in [-0.05, 0) is 19.4 Å². The Morgan fingerprint density at radius 3 is 2.00 bits per heavy atom. The van der Waals surface area contributed by atoms with Crippen LogP contribution in [0.3, 0.4) is 0 Å². The number of hydrogen-bond donors (Lipinski definition) is 0. The van der Waals surface area contributed by atoms with Crippen molar-refractivity contribution < 1.29 is 28.8 Å². The molecule has 0 unspecified atom stereocenters. The molecule has 0 atom stereocenters. The van der Waals surface area contributed by atoms with Gasteiger partial charge in [0.05, 0.1) is 5.97 Å². The van der Waals surface area contributed by atoms with E-state index in [0.717, 1.165) is 0 Å². The molecule has 0 aliphatic rings. The quantitative estimate of drug-likeness (QED) is 0.259. The fourth-order valence-corrected chi connectivity index (χ4v) is 0.118. The molecule has 0 amide bonds. The van der Waals surface area contributed by atoms with Gasteiger partial charge in [0.1, 0.15) is 0 Å². The maximum atomic E-state index is 9.75. The van der Waals surface area contributed by atoms with Gasteiger partial charge in [-0.2, -0.15) is 0 Å². The first-order valence-corrected chi connectivity index (χ1v) is 2.02. The fraction of sp³-hybridized carbons (Fsp3) is 0.400. The minimum atomic E-state index is -1.09. The first-order valence-electron chi connectivity index (χ1n) is 2.02. The molecule has 0 rings (SSSR count). The van der Waals surface area contributed by atoms with E-state index in [1.54, 1.807) is 6.92 Å². The summed E-state index contributed by atoms with van der Waals surface area (Å²) < 4.78 is 0. The zero-order chi connectivity index (χ0) is 5.86.